The molecule has 0 amide bonds. The third-order valence-electron chi connectivity index (χ3n) is 3.36. The van der Waals surface area contributed by atoms with Crippen molar-refractivity contribution in [3.8, 4) is 0 Å². The van der Waals surface area contributed by atoms with Gasteiger partial charge in [0, 0.05) is 6.04 Å². The van der Waals surface area contributed by atoms with Crippen LogP contribution in [0.5, 0.6) is 0 Å². The van der Waals surface area contributed by atoms with Crippen LogP contribution in [0.15, 0.2) is 46.9 Å². The Morgan fingerprint density at radius 1 is 1.10 bits per heavy atom. The number of halogens is 3. The minimum Gasteiger partial charge on any atom is -0.310 e. The summed E-state index contributed by atoms with van der Waals surface area (Å²) in [7, 11) is 0. The molecule has 1 unspecified atom stereocenters. The van der Waals surface area contributed by atoms with Crippen molar-refractivity contribution in [3.05, 3.63) is 69.7 Å². The smallest absolute Gasteiger partial charge is 0.173 e. The van der Waals surface area contributed by atoms with Crippen LogP contribution < -0.4 is 5.32 Å². The van der Waals surface area contributed by atoms with E-state index in [0.29, 0.717) is 0 Å². The summed E-state index contributed by atoms with van der Waals surface area (Å²) in [6.45, 7) is 2.90. The third-order valence-corrected chi connectivity index (χ3v) is 4.17. The van der Waals surface area contributed by atoms with E-state index in [1.807, 2.05) is 30.3 Å². The minimum absolute atomic E-state index is 0.0585. The monoisotopic (exact) mass is 353 g/mol. The molecule has 2 rings (SSSR count). The lowest BCUT2D eigenvalue weighted by atomic mass is 9.98. The van der Waals surface area contributed by atoms with Crippen LogP contribution in [0.2, 0.25) is 0 Å². The molecule has 0 saturated heterocycles. The molecule has 112 valence electrons. The number of rotatable bonds is 6. The van der Waals surface area contributed by atoms with E-state index in [4.69, 9.17) is 0 Å². The summed E-state index contributed by atoms with van der Waals surface area (Å²) >= 11 is 3.18. The van der Waals surface area contributed by atoms with E-state index in [0.717, 1.165) is 30.5 Å². The zero-order valence-corrected chi connectivity index (χ0v) is 13.5. The Hall–Kier alpha value is -1.26. The molecule has 0 heterocycles. The molecule has 1 atom stereocenters. The maximum Gasteiger partial charge on any atom is 0.173 e. The van der Waals surface area contributed by atoms with Gasteiger partial charge in [0.1, 0.15) is 0 Å². The average molecular weight is 354 g/mol. The fourth-order valence-corrected chi connectivity index (χ4v) is 2.87. The van der Waals surface area contributed by atoms with Crippen molar-refractivity contribution in [1.82, 2.24) is 5.32 Å². The van der Waals surface area contributed by atoms with Crippen LogP contribution in [0.1, 0.15) is 30.5 Å². The Morgan fingerprint density at radius 3 is 2.48 bits per heavy atom. The second kappa shape index (κ2) is 7.66. The maximum absolute atomic E-state index is 13.8. The molecule has 2 aromatic rings. The molecule has 0 aliphatic carbocycles. The molecule has 4 heteroatoms. The molecule has 0 saturated carbocycles. The first-order valence-corrected chi connectivity index (χ1v) is 7.83. The molecule has 1 nitrogen and oxygen atoms in total. The summed E-state index contributed by atoms with van der Waals surface area (Å²) in [6, 6.07) is 12.8. The zero-order valence-electron chi connectivity index (χ0n) is 11.9. The topological polar surface area (TPSA) is 12.0 Å². The van der Waals surface area contributed by atoms with Gasteiger partial charge >= 0.3 is 0 Å². The predicted octanol–water partition coefficient (Wildman–Crippen LogP) is 5.01. The molecule has 1 N–H and O–H groups in total. The summed E-state index contributed by atoms with van der Waals surface area (Å²) in [6.07, 6.45) is 1.71. The molecule has 21 heavy (non-hydrogen) atoms. The van der Waals surface area contributed by atoms with Gasteiger partial charge in [0.05, 0.1) is 4.47 Å². The van der Waals surface area contributed by atoms with Gasteiger partial charge in [-0.1, -0.05) is 43.3 Å². The van der Waals surface area contributed by atoms with Crippen molar-refractivity contribution in [2.24, 2.45) is 0 Å². The highest BCUT2D eigenvalue weighted by atomic mass is 79.9. The van der Waals surface area contributed by atoms with Gasteiger partial charge in [-0.25, -0.2) is 8.78 Å². The Balaban J connectivity index is 2.29. The van der Waals surface area contributed by atoms with E-state index in [1.165, 1.54) is 6.07 Å². The molecule has 0 bridgehead atoms. The molecule has 2 aromatic carbocycles. The number of hydrogen-bond acceptors (Lipinski definition) is 1. The van der Waals surface area contributed by atoms with Gasteiger partial charge < -0.3 is 5.32 Å². The lowest BCUT2D eigenvalue weighted by Gasteiger charge is -2.21. The lowest BCUT2D eigenvalue weighted by molar-refractivity contribution is 0.487. The standard InChI is InChI=1S/C17H18BrF2N/c1-2-10-21-15(11-12-6-4-3-5-7-12)13-8-9-14(19)17(20)16(13)18/h3-9,15,21H,2,10-11H2,1H3. The van der Waals surface area contributed by atoms with Gasteiger partial charge in [0.15, 0.2) is 11.6 Å². The molecule has 0 aliphatic heterocycles. The van der Waals surface area contributed by atoms with Crippen LogP contribution in [0.4, 0.5) is 8.78 Å². The predicted molar refractivity (Wildman–Crippen MR) is 85.2 cm³/mol. The van der Waals surface area contributed by atoms with Crippen molar-refractivity contribution in [1.29, 1.82) is 0 Å². The summed E-state index contributed by atoms with van der Waals surface area (Å²) in [4.78, 5) is 0. The normalized spacial score (nSPS) is 12.4. The second-order valence-corrected chi connectivity index (χ2v) is 5.75. The van der Waals surface area contributed by atoms with Crippen LogP contribution in [0.25, 0.3) is 0 Å². The van der Waals surface area contributed by atoms with Gasteiger partial charge in [0.25, 0.3) is 0 Å². The highest BCUT2D eigenvalue weighted by Crippen LogP contribution is 2.29. The summed E-state index contributed by atoms with van der Waals surface area (Å²) in [5, 5.41) is 3.40. The quantitative estimate of drug-likeness (QED) is 0.719. The molecular weight excluding hydrogens is 336 g/mol. The van der Waals surface area contributed by atoms with E-state index >= 15 is 0 Å². The molecule has 0 radical (unpaired) electrons. The van der Waals surface area contributed by atoms with Crippen LogP contribution in [0.3, 0.4) is 0 Å². The SMILES string of the molecule is CCCNC(Cc1ccccc1)c1ccc(F)c(F)c1Br. The fourth-order valence-electron chi connectivity index (χ4n) is 2.27. The Kier molecular flexibility index (Phi) is 5.88. The second-order valence-electron chi connectivity index (χ2n) is 4.96. The first kappa shape index (κ1) is 16.1. The van der Waals surface area contributed by atoms with Crippen LogP contribution in [-0.2, 0) is 6.42 Å². The van der Waals surface area contributed by atoms with Crippen LogP contribution in [0, 0.1) is 11.6 Å². The molecule has 0 fully saturated rings. The largest absolute Gasteiger partial charge is 0.310 e. The lowest BCUT2D eigenvalue weighted by Crippen LogP contribution is -2.24. The first-order valence-electron chi connectivity index (χ1n) is 7.04. The Labute approximate surface area is 132 Å². The first-order chi connectivity index (χ1) is 10.1. The minimum atomic E-state index is -0.834. The molecule has 0 aliphatic rings. The van der Waals surface area contributed by atoms with Crippen LogP contribution in [-0.4, -0.2) is 6.54 Å². The number of hydrogen-bond donors (Lipinski definition) is 1. The van der Waals surface area contributed by atoms with E-state index in [-0.39, 0.29) is 10.5 Å². The summed E-state index contributed by atoms with van der Waals surface area (Å²) < 4.78 is 27.2. The molecular formula is C17H18BrF2N. The Bertz CT molecular complexity index is 587. The van der Waals surface area contributed by atoms with E-state index in [9.17, 15) is 8.78 Å². The van der Waals surface area contributed by atoms with Gasteiger partial charge in [0.2, 0.25) is 0 Å². The van der Waals surface area contributed by atoms with Gasteiger partial charge in [-0.15, -0.1) is 0 Å². The van der Waals surface area contributed by atoms with E-state index < -0.39 is 11.6 Å². The van der Waals surface area contributed by atoms with Gasteiger partial charge in [-0.2, -0.15) is 0 Å². The van der Waals surface area contributed by atoms with E-state index in [2.05, 4.69) is 28.2 Å². The molecule has 0 aromatic heterocycles. The fraction of sp³-hybridized carbons (Fsp3) is 0.294. The molecule has 0 spiro atoms. The van der Waals surface area contributed by atoms with Crippen molar-refractivity contribution < 1.29 is 8.78 Å². The number of benzene rings is 2. The zero-order chi connectivity index (χ0) is 15.2. The summed E-state index contributed by atoms with van der Waals surface area (Å²) in [5.74, 6) is -1.66. The summed E-state index contributed by atoms with van der Waals surface area (Å²) in [5.41, 5.74) is 1.90. The average Bonchev–Trinajstić information content (AvgIpc) is 2.51. The third kappa shape index (κ3) is 4.11. The highest BCUT2D eigenvalue weighted by Gasteiger charge is 2.19. The Morgan fingerprint density at radius 2 is 1.81 bits per heavy atom. The van der Waals surface area contributed by atoms with Crippen molar-refractivity contribution in [2.45, 2.75) is 25.8 Å². The maximum atomic E-state index is 13.8. The van der Waals surface area contributed by atoms with E-state index in [1.54, 1.807) is 6.07 Å². The van der Waals surface area contributed by atoms with Crippen molar-refractivity contribution >= 4 is 15.9 Å². The van der Waals surface area contributed by atoms with Crippen LogP contribution >= 0.6 is 15.9 Å². The van der Waals surface area contributed by atoms with Gasteiger partial charge in [-0.05, 0) is 52.5 Å². The highest BCUT2D eigenvalue weighted by molar-refractivity contribution is 9.10. The van der Waals surface area contributed by atoms with Crippen molar-refractivity contribution in [2.75, 3.05) is 6.54 Å². The number of nitrogens with one attached hydrogen (secondary N) is 1. The van der Waals surface area contributed by atoms with Crippen molar-refractivity contribution in [3.63, 3.8) is 0 Å². The van der Waals surface area contributed by atoms with Gasteiger partial charge in [-0.3, -0.25) is 0 Å².